The molecule has 1 aliphatic carbocycles. The van der Waals surface area contributed by atoms with Crippen LogP contribution in [0.25, 0.3) is 0 Å². The number of nitrogens with zero attached hydrogens (tertiary/aromatic N) is 2. The molecule has 1 aromatic heterocycles. The van der Waals surface area contributed by atoms with Gasteiger partial charge in [-0.2, -0.15) is 0 Å². The lowest BCUT2D eigenvalue weighted by molar-refractivity contribution is -0.694. The van der Waals surface area contributed by atoms with Crippen molar-refractivity contribution in [3.8, 4) is 0 Å². The standard InChI is InChI=1S/C26H27F4N2O3.BrH/c1-18-31(9-10-32(18)17-19-13-22(27)15-23(28)14-19)11-12-35-24(33)26(34,20-5-3-2-4-6-20)21-7-8-25(29,30)16-21;/h2-6,9-10,13-15,21,34H,7-8,11-12,16-17H2,1H3;1H/q+1;/p-1/t21-,26+;/m1./s1. The van der Waals surface area contributed by atoms with Crippen LogP contribution in [0.1, 0.15) is 36.2 Å². The van der Waals surface area contributed by atoms with Crippen molar-refractivity contribution in [3.63, 3.8) is 0 Å². The monoisotopic (exact) mass is 570 g/mol. The van der Waals surface area contributed by atoms with E-state index in [2.05, 4.69) is 0 Å². The first-order valence-electron chi connectivity index (χ1n) is 11.4. The molecule has 2 atom stereocenters. The smallest absolute Gasteiger partial charge is 0.343 e. The Morgan fingerprint density at radius 2 is 1.86 bits per heavy atom. The van der Waals surface area contributed by atoms with Crippen LogP contribution in [0.15, 0.2) is 60.9 Å². The van der Waals surface area contributed by atoms with Crippen molar-refractivity contribution in [1.29, 1.82) is 0 Å². The first-order chi connectivity index (χ1) is 16.6. The lowest BCUT2D eigenvalue weighted by atomic mass is 9.80. The lowest BCUT2D eigenvalue weighted by Gasteiger charge is -2.32. The molecule has 1 N–H and O–H groups in total. The number of aromatic nitrogens is 2. The second-order valence-corrected chi connectivity index (χ2v) is 9.01. The van der Waals surface area contributed by atoms with E-state index in [-0.39, 0.29) is 48.7 Å². The molecule has 4 rings (SSSR count). The zero-order valence-electron chi connectivity index (χ0n) is 19.6. The topological polar surface area (TPSA) is 55.3 Å². The molecule has 0 radical (unpaired) electrons. The van der Waals surface area contributed by atoms with E-state index in [0.717, 1.165) is 11.9 Å². The fraction of sp³-hybridized carbons (Fsp3) is 0.385. The minimum absolute atomic E-state index is 0. The minimum Gasteiger partial charge on any atom is -1.00 e. The Morgan fingerprint density at radius 1 is 1.19 bits per heavy atom. The summed E-state index contributed by atoms with van der Waals surface area (Å²) in [5.41, 5.74) is -1.49. The molecule has 3 aromatic rings. The number of carbonyl (C=O) groups is 1. The predicted molar refractivity (Wildman–Crippen MR) is 118 cm³/mol. The number of alkyl halides is 2. The Balaban J connectivity index is 0.00000361. The summed E-state index contributed by atoms with van der Waals surface area (Å²) < 4.78 is 63.8. The van der Waals surface area contributed by atoms with Gasteiger partial charge < -0.3 is 26.8 Å². The number of halogens is 5. The molecule has 1 aliphatic rings. The van der Waals surface area contributed by atoms with Gasteiger partial charge in [0.15, 0.2) is 5.60 Å². The first-order valence-corrected chi connectivity index (χ1v) is 11.4. The molecule has 0 bridgehead atoms. The number of rotatable bonds is 8. The van der Waals surface area contributed by atoms with Crippen molar-refractivity contribution >= 4 is 5.97 Å². The molecule has 1 saturated carbocycles. The van der Waals surface area contributed by atoms with Crippen molar-refractivity contribution in [3.05, 3.63) is 89.5 Å². The Bertz CT molecular complexity index is 1180. The molecule has 2 aromatic carbocycles. The summed E-state index contributed by atoms with van der Waals surface area (Å²) in [6.07, 6.45) is 2.49. The van der Waals surface area contributed by atoms with Crippen molar-refractivity contribution < 1.29 is 53.7 Å². The van der Waals surface area contributed by atoms with Crippen molar-refractivity contribution in [1.82, 2.24) is 4.57 Å². The molecule has 0 amide bonds. The van der Waals surface area contributed by atoms with Gasteiger partial charge in [-0.05, 0) is 29.7 Å². The largest absolute Gasteiger partial charge is 1.00 e. The minimum atomic E-state index is -2.94. The highest BCUT2D eigenvalue weighted by Crippen LogP contribution is 2.47. The average molecular weight is 571 g/mol. The third kappa shape index (κ3) is 5.98. The van der Waals surface area contributed by atoms with Gasteiger partial charge in [0.2, 0.25) is 5.92 Å². The molecule has 0 aliphatic heterocycles. The number of ether oxygens (including phenoxy) is 1. The number of imidazole rings is 1. The number of benzene rings is 2. The number of esters is 1. The molecular weight excluding hydrogens is 544 g/mol. The van der Waals surface area contributed by atoms with Crippen molar-refractivity contribution in [2.24, 2.45) is 5.92 Å². The first kappa shape index (κ1) is 27.9. The van der Waals surface area contributed by atoms with Gasteiger partial charge in [-0.25, -0.2) is 31.5 Å². The molecule has 10 heteroatoms. The summed E-state index contributed by atoms with van der Waals surface area (Å²) in [7, 11) is 0. The van der Waals surface area contributed by atoms with Gasteiger partial charge in [0.1, 0.15) is 43.7 Å². The van der Waals surface area contributed by atoms with E-state index < -0.39 is 47.9 Å². The Labute approximate surface area is 217 Å². The Morgan fingerprint density at radius 3 is 2.47 bits per heavy atom. The molecule has 1 fully saturated rings. The van der Waals surface area contributed by atoms with E-state index in [9.17, 15) is 27.5 Å². The van der Waals surface area contributed by atoms with Gasteiger partial charge >= 0.3 is 5.97 Å². The molecular formula is C26H27BrF4N2O3. The normalized spacial score (nSPS) is 18.3. The van der Waals surface area contributed by atoms with E-state index in [0.29, 0.717) is 5.56 Å². The highest BCUT2D eigenvalue weighted by atomic mass is 79.9. The molecule has 0 saturated heterocycles. The zero-order chi connectivity index (χ0) is 25.2. The number of aliphatic hydroxyl groups is 1. The summed E-state index contributed by atoms with van der Waals surface area (Å²) >= 11 is 0. The lowest BCUT2D eigenvalue weighted by Crippen LogP contribution is -3.00. The molecule has 0 spiro atoms. The van der Waals surface area contributed by atoms with Gasteiger partial charge in [-0.3, -0.25) is 0 Å². The van der Waals surface area contributed by atoms with Gasteiger partial charge in [-0.1, -0.05) is 30.3 Å². The van der Waals surface area contributed by atoms with Gasteiger partial charge in [0, 0.05) is 31.7 Å². The van der Waals surface area contributed by atoms with E-state index in [4.69, 9.17) is 4.74 Å². The SMILES string of the molecule is Cc1n(CCOC(=O)[C@](O)(c2ccccc2)[C@@H]2CCC(F)(F)C2)cc[n+]1Cc1cc(F)cc(F)c1.[Br-]. The highest BCUT2D eigenvalue weighted by molar-refractivity contribution is 5.81. The maximum Gasteiger partial charge on any atom is 0.343 e. The average Bonchev–Trinajstić information content (AvgIpc) is 3.35. The molecule has 194 valence electrons. The summed E-state index contributed by atoms with van der Waals surface area (Å²) in [5, 5.41) is 11.4. The highest BCUT2D eigenvalue weighted by Gasteiger charge is 2.54. The molecule has 5 nitrogen and oxygen atoms in total. The molecule has 0 unspecified atom stereocenters. The Hall–Kier alpha value is -2.72. The Kier molecular flexibility index (Phi) is 8.61. The van der Waals surface area contributed by atoms with Crippen LogP contribution in [-0.2, 0) is 28.2 Å². The quantitative estimate of drug-likeness (QED) is 0.252. The van der Waals surface area contributed by atoms with Crippen LogP contribution in [-0.4, -0.2) is 28.2 Å². The third-order valence-electron chi connectivity index (χ3n) is 6.62. The second kappa shape index (κ2) is 11.1. The maximum atomic E-state index is 13.9. The van der Waals surface area contributed by atoms with Crippen molar-refractivity contribution in [2.45, 2.75) is 50.8 Å². The summed E-state index contributed by atoms with van der Waals surface area (Å²) in [4.78, 5) is 13.0. The van der Waals surface area contributed by atoms with Gasteiger partial charge in [0.25, 0.3) is 5.82 Å². The van der Waals surface area contributed by atoms with Crippen LogP contribution in [0, 0.1) is 24.5 Å². The number of hydrogen-bond acceptors (Lipinski definition) is 3. The van der Waals surface area contributed by atoms with Gasteiger partial charge in [0.05, 0.1) is 0 Å². The van der Waals surface area contributed by atoms with Crippen LogP contribution in [0.5, 0.6) is 0 Å². The van der Waals surface area contributed by atoms with Gasteiger partial charge in [-0.15, -0.1) is 0 Å². The third-order valence-corrected chi connectivity index (χ3v) is 6.62. The summed E-state index contributed by atoms with van der Waals surface area (Å²) in [5.74, 6) is -5.42. The number of carbonyl (C=O) groups excluding carboxylic acids is 1. The number of hydrogen-bond donors (Lipinski definition) is 1. The van der Waals surface area contributed by atoms with Crippen LogP contribution < -0.4 is 21.5 Å². The van der Waals surface area contributed by atoms with Crippen LogP contribution in [0.4, 0.5) is 17.6 Å². The van der Waals surface area contributed by atoms with E-state index in [1.54, 1.807) is 46.7 Å². The summed E-state index contributed by atoms with van der Waals surface area (Å²) in [6.45, 7) is 2.20. The second-order valence-electron chi connectivity index (χ2n) is 9.01. The fourth-order valence-electron chi connectivity index (χ4n) is 4.71. The molecule has 36 heavy (non-hydrogen) atoms. The predicted octanol–water partition coefficient (Wildman–Crippen LogP) is 1.28. The molecule has 1 heterocycles. The van der Waals surface area contributed by atoms with Crippen LogP contribution >= 0.6 is 0 Å². The van der Waals surface area contributed by atoms with E-state index in [1.165, 1.54) is 24.3 Å². The van der Waals surface area contributed by atoms with E-state index in [1.807, 2.05) is 0 Å². The van der Waals surface area contributed by atoms with Crippen LogP contribution in [0.3, 0.4) is 0 Å². The zero-order valence-corrected chi connectivity index (χ0v) is 21.2. The van der Waals surface area contributed by atoms with Crippen LogP contribution in [0.2, 0.25) is 0 Å². The van der Waals surface area contributed by atoms with E-state index >= 15 is 0 Å². The fourth-order valence-corrected chi connectivity index (χ4v) is 4.71. The summed E-state index contributed by atoms with van der Waals surface area (Å²) in [6, 6.07) is 11.4. The van der Waals surface area contributed by atoms with Crippen molar-refractivity contribution in [2.75, 3.05) is 6.61 Å². The maximum absolute atomic E-state index is 13.9.